The Balaban J connectivity index is 1.31. The minimum absolute atomic E-state index is 0.226. The molecule has 14 heteroatoms. The van der Waals surface area contributed by atoms with Crippen molar-refractivity contribution in [1.82, 2.24) is 39.7 Å². The van der Waals surface area contributed by atoms with Crippen LogP contribution in [0.5, 0.6) is 11.5 Å². The van der Waals surface area contributed by atoms with E-state index in [4.69, 9.17) is 19.4 Å². The Morgan fingerprint density at radius 2 is 1.09 bits per heavy atom. The van der Waals surface area contributed by atoms with Gasteiger partial charge in [0.1, 0.15) is 24.2 Å². The zero-order chi connectivity index (χ0) is 29.7. The molecule has 4 atom stereocenters. The molecule has 3 aliphatic rings. The van der Waals surface area contributed by atoms with Crippen LogP contribution in [0, 0.1) is 0 Å². The van der Waals surface area contributed by atoms with Crippen molar-refractivity contribution in [2.24, 2.45) is 0 Å². The van der Waals surface area contributed by atoms with E-state index >= 15 is 0 Å². The third-order valence-corrected chi connectivity index (χ3v) is 10.6. The number of hydrogen-bond acceptors (Lipinski definition) is 12. The maximum absolute atomic E-state index is 6.41. The van der Waals surface area contributed by atoms with Crippen LogP contribution in [-0.4, -0.2) is 52.9 Å². The number of aromatic nitrogens is 8. The van der Waals surface area contributed by atoms with Gasteiger partial charge in [0, 0.05) is 17.5 Å². The summed E-state index contributed by atoms with van der Waals surface area (Å²) in [5.41, 5.74) is 12.7. The van der Waals surface area contributed by atoms with Crippen molar-refractivity contribution in [3.8, 4) is 11.5 Å². The zero-order valence-corrected chi connectivity index (χ0v) is 25.4. The van der Waals surface area contributed by atoms with Gasteiger partial charge < -0.3 is 20.3 Å². The molecule has 45 heavy (non-hydrogen) atoms. The van der Waals surface area contributed by atoms with E-state index in [0.717, 1.165) is 61.8 Å². The van der Waals surface area contributed by atoms with E-state index in [-0.39, 0.29) is 22.6 Å². The lowest BCUT2D eigenvalue weighted by Crippen LogP contribution is -2.33. The maximum atomic E-state index is 6.41. The predicted octanol–water partition coefficient (Wildman–Crippen LogP) is 5.24. The first-order chi connectivity index (χ1) is 22.3. The Morgan fingerprint density at radius 3 is 1.60 bits per heavy atom. The summed E-state index contributed by atoms with van der Waals surface area (Å²) < 4.78 is 16.6. The summed E-state index contributed by atoms with van der Waals surface area (Å²) in [7, 11) is 0. The number of rotatable bonds is 0. The van der Waals surface area contributed by atoms with Gasteiger partial charge in [0.25, 0.3) is 0 Å². The van der Waals surface area contributed by atoms with E-state index < -0.39 is 0 Å². The van der Waals surface area contributed by atoms with Gasteiger partial charge in [-0.3, -0.25) is 0 Å². The highest BCUT2D eigenvalue weighted by Crippen LogP contribution is 2.54. The van der Waals surface area contributed by atoms with Crippen LogP contribution < -0.4 is 20.3 Å². The van der Waals surface area contributed by atoms with Crippen molar-refractivity contribution in [2.75, 3.05) is 24.1 Å². The molecule has 0 saturated carbocycles. The van der Waals surface area contributed by atoms with Crippen LogP contribution in [0.1, 0.15) is 51.5 Å². The number of thioether (sulfide) groups is 2. The Kier molecular flexibility index (Phi) is 6.47. The molecule has 3 aliphatic heterocycles. The molecular weight excluding hydrogens is 609 g/mol. The van der Waals surface area contributed by atoms with Gasteiger partial charge in [-0.05, 0) is 24.3 Å². The predicted molar refractivity (Wildman–Crippen MR) is 169 cm³/mol. The highest BCUT2D eigenvalue weighted by molar-refractivity contribution is 7.99. The molecule has 3 aromatic heterocycles. The van der Waals surface area contributed by atoms with Gasteiger partial charge in [0.15, 0.2) is 0 Å². The number of fused-ring (bicyclic) bond motifs is 12. The third-order valence-electron chi connectivity index (χ3n) is 8.14. The van der Waals surface area contributed by atoms with Crippen LogP contribution in [0.4, 0.5) is 0 Å². The van der Waals surface area contributed by atoms with Crippen molar-refractivity contribution in [2.45, 2.75) is 39.3 Å². The minimum atomic E-state index is -0.235. The highest BCUT2D eigenvalue weighted by atomic mass is 32.2. The van der Waals surface area contributed by atoms with Crippen LogP contribution in [0.2, 0.25) is 0 Å². The molecule has 0 saturated heterocycles. The van der Waals surface area contributed by atoms with Crippen molar-refractivity contribution in [3.63, 3.8) is 0 Å². The molecular formula is C31H26N10O2S2. The van der Waals surface area contributed by atoms with E-state index in [0.29, 0.717) is 13.2 Å². The van der Waals surface area contributed by atoms with Crippen molar-refractivity contribution in [1.29, 1.82) is 0 Å². The highest BCUT2D eigenvalue weighted by Gasteiger charge is 2.42. The molecule has 9 rings (SSSR count). The second-order valence-corrected chi connectivity index (χ2v) is 13.1. The molecule has 12 nitrogen and oxygen atoms in total. The first-order valence-corrected chi connectivity index (χ1v) is 16.4. The smallest absolute Gasteiger partial charge is 0.210 e. The van der Waals surface area contributed by atoms with Gasteiger partial charge in [-0.15, -0.1) is 20.4 Å². The summed E-state index contributed by atoms with van der Waals surface area (Å²) in [5, 5.41) is 18.3. The van der Waals surface area contributed by atoms with E-state index in [1.165, 1.54) is 0 Å². The maximum Gasteiger partial charge on any atom is 0.210 e. The Hall–Kier alpha value is -4.82. The third kappa shape index (κ3) is 4.63. The number of para-hydroxylation sites is 4. The van der Waals surface area contributed by atoms with Crippen LogP contribution >= 0.6 is 23.5 Å². The Labute approximate surface area is 265 Å². The SMILES string of the molecule is c1ccc2c(c1)OCCCOc1ccccc1C1Nn3cnnc3SC1c1nc3ccccc3nc1C1Sc3nncn3NC21. The number of ether oxygens (including phenoxy) is 2. The summed E-state index contributed by atoms with van der Waals surface area (Å²) >= 11 is 3.24. The van der Waals surface area contributed by atoms with Crippen LogP contribution in [-0.2, 0) is 0 Å². The summed E-state index contributed by atoms with van der Waals surface area (Å²) in [6, 6.07) is 23.9. The van der Waals surface area contributed by atoms with E-state index in [9.17, 15) is 0 Å². The fourth-order valence-electron chi connectivity index (χ4n) is 6.08. The fraction of sp³-hybridized carbons (Fsp3) is 0.226. The lowest BCUT2D eigenvalue weighted by atomic mass is 9.95. The summed E-state index contributed by atoms with van der Waals surface area (Å²) in [6.45, 7) is 1.01. The number of nitrogens with one attached hydrogen (secondary N) is 2. The standard InChI is InChI=1S/C31H26N10O2S2/c1-5-12-22-18(8-1)24-28(44-30-36-32-16-40(30)38-24)26-27(35-21-11-4-3-10-20(21)34-26)29-25(39-41-17-33-37-31(41)45-29)19-9-2-6-13-23(19)43-15-7-14-42-22/h1-6,8-13,16-17,24-25,28-29,38-39H,7,14-15H2. The number of nitrogens with zero attached hydrogens (tertiary/aromatic N) is 8. The lowest BCUT2D eigenvalue weighted by molar-refractivity contribution is 0.243. The fourth-order valence-corrected chi connectivity index (χ4v) is 8.41. The van der Waals surface area contributed by atoms with Gasteiger partial charge in [-0.1, -0.05) is 72.1 Å². The molecule has 0 bridgehead atoms. The second-order valence-electron chi connectivity index (χ2n) is 10.9. The Morgan fingerprint density at radius 1 is 0.622 bits per heavy atom. The van der Waals surface area contributed by atoms with Crippen molar-refractivity contribution >= 4 is 34.6 Å². The number of hydrogen-bond donors (Lipinski definition) is 2. The van der Waals surface area contributed by atoms with E-state index in [1.54, 1.807) is 36.2 Å². The minimum Gasteiger partial charge on any atom is -0.493 e. The van der Waals surface area contributed by atoms with Gasteiger partial charge in [0.2, 0.25) is 10.3 Å². The van der Waals surface area contributed by atoms with Gasteiger partial charge >= 0.3 is 0 Å². The second kappa shape index (κ2) is 11.0. The van der Waals surface area contributed by atoms with Crippen molar-refractivity contribution in [3.05, 3.63) is 108 Å². The molecule has 0 amide bonds. The largest absolute Gasteiger partial charge is 0.493 e. The topological polar surface area (TPSA) is 130 Å². The first-order valence-electron chi connectivity index (χ1n) is 14.7. The summed E-state index contributed by atoms with van der Waals surface area (Å²) in [4.78, 5) is 10.7. The molecule has 224 valence electrons. The number of benzene rings is 3. The average molecular weight is 635 g/mol. The van der Waals surface area contributed by atoms with Crippen molar-refractivity contribution < 1.29 is 9.47 Å². The molecule has 6 aromatic rings. The van der Waals surface area contributed by atoms with Gasteiger partial charge in [-0.2, -0.15) is 0 Å². The summed E-state index contributed by atoms with van der Waals surface area (Å²) in [5.74, 6) is 1.62. The van der Waals surface area contributed by atoms with E-state index in [2.05, 4.69) is 43.4 Å². The average Bonchev–Trinajstić information content (AvgIpc) is 3.75. The zero-order valence-electron chi connectivity index (χ0n) is 23.7. The molecule has 0 aliphatic carbocycles. The first kappa shape index (κ1) is 26.6. The van der Waals surface area contributed by atoms with E-state index in [1.807, 2.05) is 70.0 Å². The van der Waals surface area contributed by atoms with Gasteiger partial charge in [0.05, 0.1) is 58.2 Å². The normalized spacial score (nSPS) is 22.0. The quantitative estimate of drug-likeness (QED) is 0.227. The van der Waals surface area contributed by atoms with Crippen LogP contribution in [0.25, 0.3) is 11.0 Å². The van der Waals surface area contributed by atoms with Crippen LogP contribution in [0.3, 0.4) is 0 Å². The Bertz CT molecular complexity index is 1890. The lowest BCUT2D eigenvalue weighted by Gasteiger charge is -2.37. The van der Waals surface area contributed by atoms with Gasteiger partial charge in [-0.25, -0.2) is 19.3 Å². The van der Waals surface area contributed by atoms with Crippen LogP contribution in [0.15, 0.2) is 95.8 Å². The monoisotopic (exact) mass is 634 g/mol. The molecule has 3 aromatic carbocycles. The molecule has 0 fully saturated rings. The molecule has 4 unspecified atom stereocenters. The molecule has 0 radical (unpaired) electrons. The molecule has 6 heterocycles. The molecule has 2 N–H and O–H groups in total. The molecule has 0 spiro atoms. The summed E-state index contributed by atoms with van der Waals surface area (Å²) in [6.07, 6.45) is 4.11.